The SMILES string of the molecule is CCOc1ccc(C(=O)NCC(=O)NCc2ccccc2)cc1. The minimum Gasteiger partial charge on any atom is -0.494 e. The fraction of sp³-hybridized carbons (Fsp3) is 0.222. The van der Waals surface area contributed by atoms with Crippen LogP contribution in [0.25, 0.3) is 0 Å². The third-order valence-corrected chi connectivity index (χ3v) is 3.17. The number of benzene rings is 2. The lowest BCUT2D eigenvalue weighted by molar-refractivity contribution is -0.120. The van der Waals surface area contributed by atoms with Crippen molar-refractivity contribution in [2.75, 3.05) is 13.2 Å². The van der Waals surface area contributed by atoms with Crippen LogP contribution in [0.4, 0.5) is 0 Å². The van der Waals surface area contributed by atoms with Crippen molar-refractivity contribution in [1.82, 2.24) is 10.6 Å². The van der Waals surface area contributed by atoms with E-state index in [0.29, 0.717) is 24.5 Å². The van der Waals surface area contributed by atoms with Gasteiger partial charge in [-0.3, -0.25) is 9.59 Å². The first-order valence-electron chi connectivity index (χ1n) is 7.50. The molecule has 0 fully saturated rings. The summed E-state index contributed by atoms with van der Waals surface area (Å²) in [5, 5.41) is 5.35. The number of ether oxygens (including phenoxy) is 1. The van der Waals surface area contributed by atoms with Crippen molar-refractivity contribution in [2.45, 2.75) is 13.5 Å². The van der Waals surface area contributed by atoms with Gasteiger partial charge in [0.05, 0.1) is 13.2 Å². The molecule has 2 aromatic rings. The van der Waals surface area contributed by atoms with Crippen molar-refractivity contribution in [3.8, 4) is 5.75 Å². The molecule has 5 heteroatoms. The summed E-state index contributed by atoms with van der Waals surface area (Å²) in [5.74, 6) is 0.195. The van der Waals surface area contributed by atoms with Crippen LogP contribution in [0.3, 0.4) is 0 Å². The highest BCUT2D eigenvalue weighted by Gasteiger charge is 2.08. The number of nitrogens with one attached hydrogen (secondary N) is 2. The number of rotatable bonds is 7. The molecule has 2 amide bonds. The van der Waals surface area contributed by atoms with E-state index in [1.54, 1.807) is 24.3 Å². The summed E-state index contributed by atoms with van der Waals surface area (Å²) in [7, 11) is 0. The first-order chi connectivity index (χ1) is 11.2. The molecule has 5 nitrogen and oxygen atoms in total. The van der Waals surface area contributed by atoms with Crippen LogP contribution < -0.4 is 15.4 Å². The summed E-state index contributed by atoms with van der Waals surface area (Å²) in [6.07, 6.45) is 0. The lowest BCUT2D eigenvalue weighted by Gasteiger charge is -2.08. The first-order valence-corrected chi connectivity index (χ1v) is 7.50. The molecule has 0 heterocycles. The molecule has 120 valence electrons. The predicted octanol–water partition coefficient (Wildman–Crippen LogP) is 2.13. The normalized spacial score (nSPS) is 9.96. The van der Waals surface area contributed by atoms with Crippen molar-refractivity contribution >= 4 is 11.8 Å². The average Bonchev–Trinajstić information content (AvgIpc) is 2.59. The van der Waals surface area contributed by atoms with E-state index in [0.717, 1.165) is 5.56 Å². The molecule has 2 rings (SSSR count). The molecule has 0 aliphatic carbocycles. The second-order valence-corrected chi connectivity index (χ2v) is 4.90. The van der Waals surface area contributed by atoms with E-state index in [1.807, 2.05) is 37.3 Å². The molecule has 0 aliphatic rings. The number of carbonyl (C=O) groups excluding carboxylic acids is 2. The zero-order valence-corrected chi connectivity index (χ0v) is 13.0. The monoisotopic (exact) mass is 312 g/mol. The quantitative estimate of drug-likeness (QED) is 0.823. The summed E-state index contributed by atoms with van der Waals surface area (Å²) in [5.41, 5.74) is 1.50. The minimum absolute atomic E-state index is 0.0567. The maximum Gasteiger partial charge on any atom is 0.251 e. The van der Waals surface area contributed by atoms with Crippen LogP contribution in [-0.2, 0) is 11.3 Å². The number of amides is 2. The van der Waals surface area contributed by atoms with Crippen LogP contribution >= 0.6 is 0 Å². The molecule has 0 spiro atoms. The standard InChI is InChI=1S/C18H20N2O3/c1-2-23-16-10-8-15(9-11-16)18(22)20-13-17(21)19-12-14-6-4-3-5-7-14/h3-11H,2,12-13H2,1H3,(H,19,21)(H,20,22). The molecular weight excluding hydrogens is 292 g/mol. The molecule has 0 aromatic heterocycles. The predicted molar refractivity (Wildman–Crippen MR) is 88.2 cm³/mol. The van der Waals surface area contributed by atoms with Crippen molar-refractivity contribution < 1.29 is 14.3 Å². The van der Waals surface area contributed by atoms with Gasteiger partial charge in [0.1, 0.15) is 5.75 Å². The van der Waals surface area contributed by atoms with Crippen LogP contribution in [-0.4, -0.2) is 25.0 Å². The molecule has 2 aromatic carbocycles. The van der Waals surface area contributed by atoms with Crippen LogP contribution in [0.1, 0.15) is 22.8 Å². The largest absolute Gasteiger partial charge is 0.494 e. The highest BCUT2D eigenvalue weighted by molar-refractivity contribution is 5.96. The minimum atomic E-state index is -0.289. The van der Waals surface area contributed by atoms with Gasteiger partial charge in [-0.15, -0.1) is 0 Å². The van der Waals surface area contributed by atoms with Gasteiger partial charge < -0.3 is 15.4 Å². The van der Waals surface area contributed by atoms with Crippen molar-refractivity contribution in [2.24, 2.45) is 0 Å². The Hall–Kier alpha value is -2.82. The second-order valence-electron chi connectivity index (χ2n) is 4.90. The van der Waals surface area contributed by atoms with Gasteiger partial charge in [0.2, 0.25) is 5.91 Å². The van der Waals surface area contributed by atoms with Gasteiger partial charge in [-0.25, -0.2) is 0 Å². The van der Waals surface area contributed by atoms with E-state index < -0.39 is 0 Å². The molecule has 0 aliphatic heterocycles. The zero-order valence-electron chi connectivity index (χ0n) is 13.0. The highest BCUT2D eigenvalue weighted by Crippen LogP contribution is 2.11. The molecule has 2 N–H and O–H groups in total. The van der Waals surface area contributed by atoms with Crippen molar-refractivity contribution in [3.63, 3.8) is 0 Å². The molecular formula is C18H20N2O3. The maximum atomic E-state index is 12.0. The molecule has 0 saturated heterocycles. The Labute approximate surface area is 135 Å². The van der Waals surface area contributed by atoms with Gasteiger partial charge in [0.25, 0.3) is 5.91 Å². The molecule has 0 saturated carbocycles. The van der Waals surface area contributed by atoms with Gasteiger partial charge in [-0.2, -0.15) is 0 Å². The second kappa shape index (κ2) is 8.58. The molecule has 0 atom stereocenters. The van der Waals surface area contributed by atoms with Gasteiger partial charge in [-0.1, -0.05) is 30.3 Å². The highest BCUT2D eigenvalue weighted by atomic mass is 16.5. The van der Waals surface area contributed by atoms with E-state index >= 15 is 0 Å². The van der Waals surface area contributed by atoms with Gasteiger partial charge >= 0.3 is 0 Å². The van der Waals surface area contributed by atoms with E-state index in [-0.39, 0.29) is 18.4 Å². The number of hydrogen-bond donors (Lipinski definition) is 2. The fourth-order valence-corrected chi connectivity index (χ4v) is 1.99. The molecule has 0 unspecified atom stereocenters. The Balaban J connectivity index is 1.76. The first kappa shape index (κ1) is 16.5. The third kappa shape index (κ3) is 5.47. The topological polar surface area (TPSA) is 67.4 Å². The molecule has 0 radical (unpaired) electrons. The fourth-order valence-electron chi connectivity index (χ4n) is 1.99. The number of carbonyl (C=O) groups is 2. The summed E-state index contributed by atoms with van der Waals surface area (Å²) in [6, 6.07) is 16.4. The summed E-state index contributed by atoms with van der Waals surface area (Å²) in [6.45, 7) is 2.86. The molecule has 23 heavy (non-hydrogen) atoms. The Kier molecular flexibility index (Phi) is 6.17. The Morgan fingerprint density at radius 2 is 1.65 bits per heavy atom. The van der Waals surface area contributed by atoms with E-state index in [2.05, 4.69) is 10.6 Å². The summed E-state index contributed by atoms with van der Waals surface area (Å²) < 4.78 is 5.32. The Morgan fingerprint density at radius 1 is 0.957 bits per heavy atom. The average molecular weight is 312 g/mol. The van der Waals surface area contributed by atoms with Gasteiger partial charge in [-0.05, 0) is 36.8 Å². The Bertz CT molecular complexity index is 639. The maximum absolute atomic E-state index is 12.0. The summed E-state index contributed by atoms with van der Waals surface area (Å²) >= 11 is 0. The van der Waals surface area contributed by atoms with Crippen LogP contribution in [0.15, 0.2) is 54.6 Å². The van der Waals surface area contributed by atoms with Crippen LogP contribution in [0.5, 0.6) is 5.75 Å². The zero-order chi connectivity index (χ0) is 16.5. The lowest BCUT2D eigenvalue weighted by atomic mass is 10.2. The molecule has 0 bridgehead atoms. The van der Waals surface area contributed by atoms with Gasteiger partial charge in [0.15, 0.2) is 0 Å². The van der Waals surface area contributed by atoms with Crippen molar-refractivity contribution in [1.29, 1.82) is 0 Å². The van der Waals surface area contributed by atoms with E-state index in [1.165, 1.54) is 0 Å². The van der Waals surface area contributed by atoms with E-state index in [9.17, 15) is 9.59 Å². The van der Waals surface area contributed by atoms with E-state index in [4.69, 9.17) is 4.74 Å². The van der Waals surface area contributed by atoms with Crippen LogP contribution in [0, 0.1) is 0 Å². The smallest absolute Gasteiger partial charge is 0.251 e. The summed E-state index contributed by atoms with van der Waals surface area (Å²) in [4.78, 5) is 23.7. The lowest BCUT2D eigenvalue weighted by Crippen LogP contribution is -2.36. The van der Waals surface area contributed by atoms with Crippen molar-refractivity contribution in [3.05, 3.63) is 65.7 Å². The van der Waals surface area contributed by atoms with Crippen LogP contribution in [0.2, 0.25) is 0 Å². The third-order valence-electron chi connectivity index (χ3n) is 3.17. The Morgan fingerprint density at radius 3 is 2.30 bits per heavy atom. The number of hydrogen-bond acceptors (Lipinski definition) is 3. The van der Waals surface area contributed by atoms with Gasteiger partial charge in [0, 0.05) is 12.1 Å².